The Labute approximate surface area is 115 Å². The van der Waals surface area contributed by atoms with Crippen molar-refractivity contribution in [2.24, 2.45) is 11.8 Å². The summed E-state index contributed by atoms with van der Waals surface area (Å²) in [6.45, 7) is 5.18. The number of nitrogens with one attached hydrogen (secondary N) is 1. The molecule has 3 nitrogen and oxygen atoms in total. The minimum atomic E-state index is 0.0393. The third kappa shape index (κ3) is 2.85. The molecule has 1 amide bonds. The molecule has 2 unspecified atom stereocenters. The fourth-order valence-corrected chi connectivity index (χ4v) is 3.62. The fraction of sp³-hybridized carbons (Fsp3) is 0.929. The van der Waals surface area contributed by atoms with Crippen molar-refractivity contribution in [2.45, 2.75) is 51.7 Å². The van der Waals surface area contributed by atoms with E-state index in [-0.39, 0.29) is 6.04 Å². The first-order valence-electron chi connectivity index (χ1n) is 7.20. The van der Waals surface area contributed by atoms with Crippen LogP contribution in [0.5, 0.6) is 0 Å². The normalized spacial score (nSPS) is 29.8. The van der Waals surface area contributed by atoms with Gasteiger partial charge in [-0.15, -0.1) is 0 Å². The van der Waals surface area contributed by atoms with Crippen LogP contribution in [0.4, 0.5) is 0 Å². The molecule has 2 fully saturated rings. The molecule has 2 atom stereocenters. The van der Waals surface area contributed by atoms with Crippen molar-refractivity contribution in [3.8, 4) is 0 Å². The Hall–Kier alpha value is -0.220. The van der Waals surface area contributed by atoms with E-state index in [0.29, 0.717) is 23.9 Å². The van der Waals surface area contributed by atoms with Gasteiger partial charge >= 0.3 is 0 Å². The number of hydrogen-bond acceptors (Lipinski definition) is 3. The van der Waals surface area contributed by atoms with E-state index in [1.54, 1.807) is 0 Å². The highest BCUT2D eigenvalue weighted by molar-refractivity contribution is 7.98. The van der Waals surface area contributed by atoms with Gasteiger partial charge in [0.15, 0.2) is 0 Å². The monoisotopic (exact) mass is 270 g/mol. The van der Waals surface area contributed by atoms with E-state index >= 15 is 0 Å². The molecular weight excluding hydrogens is 244 g/mol. The molecule has 0 radical (unpaired) electrons. The summed E-state index contributed by atoms with van der Waals surface area (Å²) in [7, 11) is 0. The SMILES string of the molecule is CSCCN1C(=O)C(C(C)C)NC1C1CCCC1. The van der Waals surface area contributed by atoms with E-state index in [1.807, 2.05) is 11.8 Å². The Morgan fingerprint density at radius 2 is 2.06 bits per heavy atom. The number of carbonyl (C=O) groups excluding carboxylic acids is 1. The Morgan fingerprint density at radius 1 is 1.39 bits per heavy atom. The van der Waals surface area contributed by atoms with Crippen LogP contribution >= 0.6 is 11.8 Å². The van der Waals surface area contributed by atoms with Crippen LogP contribution in [0.15, 0.2) is 0 Å². The quantitative estimate of drug-likeness (QED) is 0.832. The van der Waals surface area contributed by atoms with Gasteiger partial charge < -0.3 is 4.90 Å². The van der Waals surface area contributed by atoms with E-state index in [9.17, 15) is 4.79 Å². The van der Waals surface area contributed by atoms with Crippen LogP contribution in [0.1, 0.15) is 39.5 Å². The summed E-state index contributed by atoms with van der Waals surface area (Å²) in [5, 5.41) is 3.61. The smallest absolute Gasteiger partial charge is 0.241 e. The van der Waals surface area contributed by atoms with E-state index < -0.39 is 0 Å². The molecule has 0 aromatic heterocycles. The Balaban J connectivity index is 2.06. The number of hydrogen-bond donors (Lipinski definition) is 1. The molecule has 0 spiro atoms. The number of rotatable bonds is 5. The van der Waals surface area contributed by atoms with Gasteiger partial charge in [-0.3, -0.25) is 10.1 Å². The van der Waals surface area contributed by atoms with Gasteiger partial charge in [-0.05, 0) is 30.9 Å². The predicted molar refractivity (Wildman–Crippen MR) is 77.6 cm³/mol. The molecule has 1 saturated heterocycles. The molecule has 0 bridgehead atoms. The minimum Gasteiger partial charge on any atom is -0.325 e. The van der Waals surface area contributed by atoms with Crippen molar-refractivity contribution < 1.29 is 4.79 Å². The Morgan fingerprint density at radius 3 is 2.61 bits per heavy atom. The van der Waals surface area contributed by atoms with Crippen molar-refractivity contribution in [1.29, 1.82) is 0 Å². The average Bonchev–Trinajstić information content (AvgIpc) is 2.94. The van der Waals surface area contributed by atoms with Crippen LogP contribution in [0.25, 0.3) is 0 Å². The van der Waals surface area contributed by atoms with Crippen molar-refractivity contribution in [2.75, 3.05) is 18.6 Å². The molecule has 2 aliphatic rings. The van der Waals surface area contributed by atoms with Crippen LogP contribution in [-0.4, -0.2) is 41.6 Å². The van der Waals surface area contributed by atoms with Crippen LogP contribution in [0.3, 0.4) is 0 Å². The second kappa shape index (κ2) is 6.29. The van der Waals surface area contributed by atoms with Crippen molar-refractivity contribution in [3.05, 3.63) is 0 Å². The molecule has 1 heterocycles. The first-order chi connectivity index (χ1) is 8.65. The third-order valence-corrected chi connectivity index (χ3v) is 4.88. The highest BCUT2D eigenvalue weighted by Gasteiger charge is 2.43. The summed E-state index contributed by atoms with van der Waals surface area (Å²) in [6.07, 6.45) is 7.65. The minimum absolute atomic E-state index is 0.0393. The second-order valence-electron chi connectivity index (χ2n) is 5.90. The summed E-state index contributed by atoms with van der Waals surface area (Å²) in [5.74, 6) is 2.44. The molecule has 0 aromatic carbocycles. The van der Waals surface area contributed by atoms with Crippen molar-refractivity contribution in [1.82, 2.24) is 10.2 Å². The molecule has 18 heavy (non-hydrogen) atoms. The molecule has 0 aromatic rings. The standard InChI is InChI=1S/C14H26N2OS/c1-10(2)12-14(17)16(8-9-18-3)13(15-12)11-6-4-5-7-11/h10-13,15H,4-9H2,1-3H3. The zero-order valence-corrected chi connectivity index (χ0v) is 12.6. The lowest BCUT2D eigenvalue weighted by molar-refractivity contribution is -0.131. The maximum absolute atomic E-state index is 12.5. The van der Waals surface area contributed by atoms with E-state index in [4.69, 9.17) is 0 Å². The van der Waals surface area contributed by atoms with Gasteiger partial charge in [0.25, 0.3) is 0 Å². The number of carbonyl (C=O) groups is 1. The molecule has 1 aliphatic carbocycles. The van der Waals surface area contributed by atoms with Crippen LogP contribution in [0.2, 0.25) is 0 Å². The van der Waals surface area contributed by atoms with Crippen molar-refractivity contribution >= 4 is 17.7 Å². The van der Waals surface area contributed by atoms with Gasteiger partial charge in [-0.2, -0.15) is 11.8 Å². The zero-order chi connectivity index (χ0) is 13.1. The predicted octanol–water partition coefficient (Wildman–Crippen LogP) is 2.32. The topological polar surface area (TPSA) is 32.3 Å². The lowest BCUT2D eigenvalue weighted by Crippen LogP contribution is -2.43. The Bertz CT molecular complexity index is 290. The maximum Gasteiger partial charge on any atom is 0.241 e. The van der Waals surface area contributed by atoms with Crippen molar-refractivity contribution in [3.63, 3.8) is 0 Å². The number of thioether (sulfide) groups is 1. The van der Waals surface area contributed by atoms with Gasteiger partial charge in [0, 0.05) is 12.3 Å². The van der Waals surface area contributed by atoms with Gasteiger partial charge in [0.2, 0.25) is 5.91 Å². The Kier molecular flexibility index (Phi) is 4.96. The summed E-state index contributed by atoms with van der Waals surface area (Å²) < 4.78 is 0. The highest BCUT2D eigenvalue weighted by atomic mass is 32.2. The summed E-state index contributed by atoms with van der Waals surface area (Å²) in [4.78, 5) is 14.6. The van der Waals surface area contributed by atoms with Gasteiger partial charge in [-0.25, -0.2) is 0 Å². The molecule has 4 heteroatoms. The first kappa shape index (κ1) is 14.2. The second-order valence-corrected chi connectivity index (χ2v) is 6.89. The lowest BCUT2D eigenvalue weighted by atomic mass is 10.0. The molecule has 2 rings (SSSR count). The average molecular weight is 270 g/mol. The number of amides is 1. The molecule has 1 aliphatic heterocycles. The molecular formula is C14H26N2OS. The first-order valence-corrected chi connectivity index (χ1v) is 8.60. The number of nitrogens with zero attached hydrogens (tertiary/aromatic N) is 1. The summed E-state index contributed by atoms with van der Waals surface area (Å²) in [5.41, 5.74) is 0. The van der Waals surface area contributed by atoms with Gasteiger partial charge in [0.1, 0.15) is 0 Å². The van der Waals surface area contributed by atoms with Crippen LogP contribution < -0.4 is 5.32 Å². The van der Waals surface area contributed by atoms with E-state index in [0.717, 1.165) is 12.3 Å². The summed E-state index contributed by atoms with van der Waals surface area (Å²) in [6, 6.07) is 0.0393. The van der Waals surface area contributed by atoms with Crippen LogP contribution in [0, 0.1) is 11.8 Å². The van der Waals surface area contributed by atoms with Crippen LogP contribution in [-0.2, 0) is 4.79 Å². The van der Waals surface area contributed by atoms with Gasteiger partial charge in [0.05, 0.1) is 12.2 Å². The molecule has 104 valence electrons. The molecule has 1 saturated carbocycles. The highest BCUT2D eigenvalue weighted by Crippen LogP contribution is 2.33. The third-order valence-electron chi connectivity index (χ3n) is 4.28. The lowest BCUT2D eigenvalue weighted by Gasteiger charge is -2.28. The maximum atomic E-state index is 12.5. The van der Waals surface area contributed by atoms with Gasteiger partial charge in [-0.1, -0.05) is 26.7 Å². The van der Waals surface area contributed by atoms with E-state index in [2.05, 4.69) is 30.3 Å². The largest absolute Gasteiger partial charge is 0.325 e. The fourth-order valence-electron chi connectivity index (χ4n) is 3.24. The van der Waals surface area contributed by atoms with E-state index in [1.165, 1.54) is 25.7 Å². The zero-order valence-electron chi connectivity index (χ0n) is 11.8. The summed E-state index contributed by atoms with van der Waals surface area (Å²) >= 11 is 1.82. The molecule has 1 N–H and O–H groups in total.